The van der Waals surface area contributed by atoms with Gasteiger partial charge in [0.25, 0.3) is 0 Å². The van der Waals surface area contributed by atoms with Gasteiger partial charge in [-0.2, -0.15) is 0 Å². The van der Waals surface area contributed by atoms with Crippen LogP contribution < -0.4 is 0 Å². The third kappa shape index (κ3) is 5.98. The molecule has 2 atom stereocenters. The van der Waals surface area contributed by atoms with Gasteiger partial charge in [0.15, 0.2) is 5.78 Å². The molecule has 0 bridgehead atoms. The number of benzene rings is 2. The van der Waals surface area contributed by atoms with Crippen molar-refractivity contribution < 1.29 is 4.79 Å². The summed E-state index contributed by atoms with van der Waals surface area (Å²) in [4.78, 5) is 12.0. The third-order valence-corrected chi connectivity index (χ3v) is 6.09. The van der Waals surface area contributed by atoms with Crippen LogP contribution >= 0.6 is 0 Å². The first-order valence-electron chi connectivity index (χ1n) is 12.1. The zero-order valence-corrected chi connectivity index (χ0v) is 19.4. The molecule has 0 heterocycles. The molecule has 0 aromatic heterocycles. The highest BCUT2D eigenvalue weighted by Crippen LogP contribution is 2.43. The van der Waals surface area contributed by atoms with Crippen molar-refractivity contribution in [3.05, 3.63) is 82.4 Å². The molecule has 1 nitrogen and oxygen atoms in total. The maximum atomic E-state index is 12.0. The van der Waals surface area contributed by atoms with Crippen molar-refractivity contribution in [2.45, 2.75) is 78.1 Å². The molecule has 0 saturated heterocycles. The van der Waals surface area contributed by atoms with Crippen LogP contribution in [0.15, 0.2) is 60.2 Å². The average Bonchev–Trinajstić information content (AvgIpc) is 3.18. The largest absolute Gasteiger partial charge is 0.294 e. The smallest absolute Gasteiger partial charge is 0.162 e. The lowest BCUT2D eigenvalue weighted by Crippen LogP contribution is -2.11. The summed E-state index contributed by atoms with van der Waals surface area (Å²) in [6.07, 6.45) is 11.4. The van der Waals surface area contributed by atoms with Crippen molar-refractivity contribution in [1.82, 2.24) is 0 Å². The van der Waals surface area contributed by atoms with E-state index in [9.17, 15) is 4.79 Å². The average molecular weight is 413 g/mol. The quantitative estimate of drug-likeness (QED) is 0.283. The minimum Gasteiger partial charge on any atom is -0.294 e. The van der Waals surface area contributed by atoms with Gasteiger partial charge in [-0.3, -0.25) is 4.79 Å². The molecule has 0 saturated carbocycles. The van der Waals surface area contributed by atoms with E-state index < -0.39 is 0 Å². The normalized spacial score (nSPS) is 19.3. The molecular weight excluding hydrogens is 376 g/mol. The molecule has 162 valence electrons. The Kier molecular flexibility index (Phi) is 8.72. The van der Waals surface area contributed by atoms with Crippen LogP contribution in [0.25, 0.3) is 0 Å². The summed E-state index contributed by atoms with van der Waals surface area (Å²) >= 11 is 0. The Morgan fingerprint density at radius 3 is 2.42 bits per heavy atom. The van der Waals surface area contributed by atoms with Crippen molar-refractivity contribution in [3.63, 3.8) is 0 Å². The summed E-state index contributed by atoms with van der Waals surface area (Å²) < 4.78 is 0. The summed E-state index contributed by atoms with van der Waals surface area (Å²) in [6.45, 7) is 6.29. The monoisotopic (exact) mass is 412 g/mol. The van der Waals surface area contributed by atoms with Crippen LogP contribution in [0.2, 0.25) is 0 Å². The second kappa shape index (κ2) is 11.7. The number of carbonyl (C=O) groups is 1. The van der Waals surface area contributed by atoms with Crippen molar-refractivity contribution in [2.75, 3.05) is 0 Å². The SMILES string of the molecule is CCC.CCCC(=O)c1ccc(C#C[C@H]2c3ccccc3C[C@@H]2C2=CCCCC2)cc1. The highest BCUT2D eigenvalue weighted by molar-refractivity contribution is 5.96. The fraction of sp³-hybridized carbons (Fsp3) is 0.433. The Hall–Kier alpha value is -2.59. The van der Waals surface area contributed by atoms with E-state index in [0.29, 0.717) is 12.3 Å². The van der Waals surface area contributed by atoms with E-state index in [1.54, 1.807) is 5.57 Å². The molecule has 2 aromatic rings. The van der Waals surface area contributed by atoms with Crippen molar-refractivity contribution in [1.29, 1.82) is 0 Å². The zero-order valence-electron chi connectivity index (χ0n) is 19.4. The van der Waals surface area contributed by atoms with E-state index in [-0.39, 0.29) is 11.7 Å². The molecule has 0 spiro atoms. The van der Waals surface area contributed by atoms with Gasteiger partial charge in [0.1, 0.15) is 0 Å². The van der Waals surface area contributed by atoms with Gasteiger partial charge in [-0.15, -0.1) is 0 Å². The molecule has 0 radical (unpaired) electrons. The Bertz CT molecular complexity index is 952. The van der Waals surface area contributed by atoms with Gasteiger partial charge in [-0.05, 0) is 61.8 Å². The van der Waals surface area contributed by atoms with Crippen molar-refractivity contribution in [3.8, 4) is 11.8 Å². The minimum atomic E-state index is 0.219. The van der Waals surface area contributed by atoms with Crippen LogP contribution in [0.3, 0.4) is 0 Å². The fourth-order valence-corrected chi connectivity index (χ4v) is 4.59. The number of rotatable bonds is 4. The van der Waals surface area contributed by atoms with E-state index in [4.69, 9.17) is 0 Å². The first kappa shape index (κ1) is 23.1. The van der Waals surface area contributed by atoms with Crippen LogP contribution in [-0.2, 0) is 6.42 Å². The topological polar surface area (TPSA) is 17.1 Å². The first-order chi connectivity index (χ1) is 15.2. The van der Waals surface area contributed by atoms with Crippen LogP contribution in [0, 0.1) is 17.8 Å². The Balaban J connectivity index is 0.000000858. The molecule has 2 aliphatic rings. The lowest BCUT2D eigenvalue weighted by molar-refractivity contribution is 0.0981. The Morgan fingerprint density at radius 2 is 1.74 bits per heavy atom. The van der Waals surface area contributed by atoms with E-state index in [0.717, 1.165) is 24.0 Å². The molecule has 0 N–H and O–H groups in total. The van der Waals surface area contributed by atoms with Gasteiger partial charge in [0, 0.05) is 23.5 Å². The Labute approximate surface area is 189 Å². The highest BCUT2D eigenvalue weighted by Gasteiger charge is 2.33. The number of fused-ring (bicyclic) bond motifs is 1. The van der Waals surface area contributed by atoms with E-state index in [1.165, 1.54) is 43.2 Å². The van der Waals surface area contributed by atoms with E-state index in [1.807, 2.05) is 31.2 Å². The number of hydrogen-bond acceptors (Lipinski definition) is 1. The third-order valence-electron chi connectivity index (χ3n) is 6.09. The van der Waals surface area contributed by atoms with Gasteiger partial charge in [-0.1, -0.05) is 87.1 Å². The summed E-state index contributed by atoms with van der Waals surface area (Å²) in [5, 5.41) is 0. The van der Waals surface area contributed by atoms with Gasteiger partial charge >= 0.3 is 0 Å². The maximum absolute atomic E-state index is 12.0. The van der Waals surface area contributed by atoms with Crippen LogP contribution in [0.4, 0.5) is 0 Å². The fourth-order valence-electron chi connectivity index (χ4n) is 4.59. The van der Waals surface area contributed by atoms with Gasteiger partial charge < -0.3 is 0 Å². The molecule has 0 amide bonds. The summed E-state index contributed by atoms with van der Waals surface area (Å²) in [5.74, 6) is 8.03. The molecule has 0 unspecified atom stereocenters. The first-order valence-corrected chi connectivity index (χ1v) is 12.1. The van der Waals surface area contributed by atoms with Gasteiger partial charge in [0.05, 0.1) is 5.92 Å². The summed E-state index contributed by atoms with van der Waals surface area (Å²) in [7, 11) is 0. The number of hydrogen-bond donors (Lipinski definition) is 0. The summed E-state index contributed by atoms with van der Waals surface area (Å²) in [6, 6.07) is 16.6. The van der Waals surface area contributed by atoms with Crippen LogP contribution in [0.1, 0.15) is 98.7 Å². The molecule has 0 fully saturated rings. The second-order valence-electron chi connectivity index (χ2n) is 8.74. The highest BCUT2D eigenvalue weighted by atomic mass is 16.1. The number of ketones is 1. The molecule has 1 heteroatoms. The van der Waals surface area contributed by atoms with E-state index in [2.05, 4.69) is 56.0 Å². The lowest BCUT2D eigenvalue weighted by atomic mass is 9.81. The predicted molar refractivity (Wildman–Crippen MR) is 131 cm³/mol. The number of carbonyl (C=O) groups excluding carboxylic acids is 1. The number of Topliss-reactive ketones (excluding diaryl/α,β-unsaturated/α-hetero) is 1. The molecule has 31 heavy (non-hydrogen) atoms. The lowest BCUT2D eigenvalue weighted by Gasteiger charge is -2.22. The second-order valence-corrected chi connectivity index (χ2v) is 8.74. The predicted octanol–water partition coefficient (Wildman–Crippen LogP) is 7.89. The van der Waals surface area contributed by atoms with Gasteiger partial charge in [-0.25, -0.2) is 0 Å². The Morgan fingerprint density at radius 1 is 1.00 bits per heavy atom. The molecule has 0 aliphatic heterocycles. The molecule has 4 rings (SSSR count). The van der Waals surface area contributed by atoms with Crippen molar-refractivity contribution in [2.24, 2.45) is 5.92 Å². The van der Waals surface area contributed by atoms with E-state index >= 15 is 0 Å². The van der Waals surface area contributed by atoms with Crippen LogP contribution in [0.5, 0.6) is 0 Å². The van der Waals surface area contributed by atoms with Crippen LogP contribution in [-0.4, -0.2) is 5.78 Å². The zero-order chi connectivity index (χ0) is 22.1. The van der Waals surface area contributed by atoms with Gasteiger partial charge in [0.2, 0.25) is 0 Å². The number of allylic oxidation sites excluding steroid dienone is 2. The molecule has 2 aromatic carbocycles. The maximum Gasteiger partial charge on any atom is 0.162 e. The molecular formula is C30H36O. The standard InChI is InChI=1S/C27H28O.C3H8/c1-2-8-27(28)22-16-13-20(14-17-22)15-18-25-24-12-7-6-11-23(24)19-26(25)21-9-4-3-5-10-21;1-3-2/h6-7,9,11-14,16-17,25-26H,2-5,8,10,19H2,1H3;3H2,1-2H3/t25-,26+;/m0./s1. The molecule has 2 aliphatic carbocycles. The van der Waals surface area contributed by atoms with Crippen molar-refractivity contribution >= 4 is 5.78 Å². The summed E-state index contributed by atoms with van der Waals surface area (Å²) in [5.41, 5.74) is 6.26. The minimum absolute atomic E-state index is 0.219.